The Morgan fingerprint density at radius 1 is 0.247 bits per heavy atom. The predicted octanol–water partition coefficient (Wildman–Crippen LogP) is 25.1. The highest BCUT2D eigenvalue weighted by atomic mass is 16.6. The van der Waals surface area contributed by atoms with Crippen LogP contribution in [0.15, 0.2) is 36.5 Å². The molecule has 0 aliphatic heterocycles. The van der Waals surface area contributed by atoms with Crippen LogP contribution in [-0.2, 0) is 28.6 Å². The van der Waals surface area contributed by atoms with Crippen molar-refractivity contribution in [3.05, 3.63) is 36.5 Å². The van der Waals surface area contributed by atoms with Gasteiger partial charge < -0.3 is 14.2 Å². The number of carbonyl (C=O) groups excluding carboxylic acids is 3. The van der Waals surface area contributed by atoms with Gasteiger partial charge in [0.25, 0.3) is 0 Å². The molecule has 0 radical (unpaired) electrons. The largest absolute Gasteiger partial charge is 0.462 e. The lowest BCUT2D eigenvalue weighted by molar-refractivity contribution is -0.167. The minimum Gasteiger partial charge on any atom is -0.462 e. The van der Waals surface area contributed by atoms with Crippen molar-refractivity contribution in [1.29, 1.82) is 0 Å². The molecule has 0 fully saturated rings. The number of ether oxygens (including phenoxy) is 3. The molecule has 1 unspecified atom stereocenters. The van der Waals surface area contributed by atoms with E-state index in [9.17, 15) is 14.4 Å². The third-order valence-corrected chi connectivity index (χ3v) is 16.6. The molecule has 0 aromatic rings. The normalized spacial score (nSPS) is 12.2. The molecule has 476 valence electrons. The predicted molar refractivity (Wildman–Crippen MR) is 353 cm³/mol. The van der Waals surface area contributed by atoms with E-state index in [-0.39, 0.29) is 31.1 Å². The lowest BCUT2D eigenvalue weighted by Crippen LogP contribution is -2.30. The third-order valence-electron chi connectivity index (χ3n) is 16.6. The maximum absolute atomic E-state index is 13.0. The van der Waals surface area contributed by atoms with Crippen molar-refractivity contribution >= 4 is 17.9 Å². The van der Waals surface area contributed by atoms with E-state index in [1.54, 1.807) is 0 Å². The summed E-state index contributed by atoms with van der Waals surface area (Å²) in [5.74, 6) is -0.843. The Hall–Kier alpha value is -2.37. The van der Waals surface area contributed by atoms with E-state index in [0.717, 1.165) is 64.2 Å². The molecule has 0 aliphatic carbocycles. The van der Waals surface area contributed by atoms with Gasteiger partial charge in [0.1, 0.15) is 13.2 Å². The summed E-state index contributed by atoms with van der Waals surface area (Å²) in [6.07, 6.45) is 87.4. The smallest absolute Gasteiger partial charge is 0.306 e. The van der Waals surface area contributed by atoms with Gasteiger partial charge in [0.15, 0.2) is 6.10 Å². The van der Waals surface area contributed by atoms with Gasteiger partial charge in [0.2, 0.25) is 0 Å². The Morgan fingerprint density at radius 3 is 0.691 bits per heavy atom. The zero-order valence-corrected chi connectivity index (χ0v) is 54.8. The van der Waals surface area contributed by atoms with Gasteiger partial charge in [-0.2, -0.15) is 0 Å². The van der Waals surface area contributed by atoms with Crippen molar-refractivity contribution < 1.29 is 28.6 Å². The van der Waals surface area contributed by atoms with Crippen molar-refractivity contribution in [2.45, 2.75) is 412 Å². The number of allylic oxidation sites excluding steroid dienone is 6. The van der Waals surface area contributed by atoms with E-state index in [4.69, 9.17) is 14.2 Å². The van der Waals surface area contributed by atoms with Crippen molar-refractivity contribution in [3.63, 3.8) is 0 Å². The molecule has 0 saturated heterocycles. The average molecular weight is 1140 g/mol. The van der Waals surface area contributed by atoms with Crippen LogP contribution in [0.25, 0.3) is 0 Å². The number of rotatable bonds is 68. The molecule has 0 N–H and O–H groups in total. The molecule has 0 aromatic carbocycles. The van der Waals surface area contributed by atoms with Crippen LogP contribution in [0.4, 0.5) is 0 Å². The minimum atomic E-state index is -0.775. The zero-order chi connectivity index (χ0) is 58.5. The van der Waals surface area contributed by atoms with Crippen LogP contribution >= 0.6 is 0 Å². The maximum atomic E-state index is 13.0. The monoisotopic (exact) mass is 1140 g/mol. The molecule has 0 spiro atoms. The Kier molecular flexibility index (Phi) is 68.1. The Bertz CT molecular complexity index is 1350. The first-order valence-electron chi connectivity index (χ1n) is 36.5. The Labute approximate surface area is 506 Å². The maximum Gasteiger partial charge on any atom is 0.306 e. The van der Waals surface area contributed by atoms with Gasteiger partial charge in [-0.15, -0.1) is 0 Å². The second kappa shape index (κ2) is 70.1. The standard InChI is InChI=1S/C75H140O6/c1-4-7-10-13-16-19-22-25-28-31-34-37-40-43-46-49-52-55-58-61-64-67-73(76)79-70-72(81-75(78)69-66-63-60-57-54-51-48-45-42-39-36-33-30-27-24-21-18-15-12-9-6-3)71-80-74(77)68-65-62-59-56-53-50-47-44-41-38-35-32-29-26-23-20-17-14-11-8-5-2/h22,25,31,33-34,36,72H,4-21,23-24,26-30,32,35,37-71H2,1-3H3/b25-22-,34-31-,36-33-. The molecule has 0 bridgehead atoms. The van der Waals surface area contributed by atoms with Gasteiger partial charge in [0, 0.05) is 19.3 Å². The topological polar surface area (TPSA) is 78.9 Å². The molecule has 0 aromatic heterocycles. The summed E-state index contributed by atoms with van der Waals surface area (Å²) in [6.45, 7) is 6.71. The van der Waals surface area contributed by atoms with Crippen LogP contribution in [0.5, 0.6) is 0 Å². The molecule has 0 amide bonds. The molecule has 6 nitrogen and oxygen atoms in total. The van der Waals surface area contributed by atoms with Gasteiger partial charge in [-0.3, -0.25) is 14.4 Å². The quantitative estimate of drug-likeness (QED) is 0.0261. The van der Waals surface area contributed by atoms with E-state index >= 15 is 0 Å². The van der Waals surface area contributed by atoms with Crippen molar-refractivity contribution in [2.24, 2.45) is 0 Å². The van der Waals surface area contributed by atoms with Gasteiger partial charge in [-0.25, -0.2) is 0 Å². The van der Waals surface area contributed by atoms with Crippen LogP contribution in [0.1, 0.15) is 406 Å². The third kappa shape index (κ3) is 68.3. The number of unbranched alkanes of at least 4 members (excludes halogenated alkanes) is 51. The van der Waals surface area contributed by atoms with Gasteiger partial charge in [-0.05, 0) is 77.0 Å². The number of hydrogen-bond donors (Lipinski definition) is 0. The van der Waals surface area contributed by atoms with E-state index in [2.05, 4.69) is 57.2 Å². The van der Waals surface area contributed by atoms with Gasteiger partial charge in [-0.1, -0.05) is 346 Å². The molecule has 6 heteroatoms. The first-order chi connectivity index (χ1) is 40.0. The summed E-state index contributed by atoms with van der Waals surface area (Å²) in [5.41, 5.74) is 0. The number of esters is 3. The van der Waals surface area contributed by atoms with Gasteiger partial charge >= 0.3 is 17.9 Å². The van der Waals surface area contributed by atoms with Gasteiger partial charge in [0.05, 0.1) is 0 Å². The van der Waals surface area contributed by atoms with E-state index < -0.39 is 6.10 Å². The minimum absolute atomic E-state index is 0.0691. The molecular weight excluding hydrogens is 997 g/mol. The molecule has 0 aliphatic rings. The van der Waals surface area contributed by atoms with Crippen molar-refractivity contribution in [1.82, 2.24) is 0 Å². The first kappa shape index (κ1) is 78.6. The summed E-state index contributed by atoms with van der Waals surface area (Å²) < 4.78 is 17.0. The highest BCUT2D eigenvalue weighted by molar-refractivity contribution is 5.71. The van der Waals surface area contributed by atoms with Crippen LogP contribution in [-0.4, -0.2) is 37.2 Å². The molecule has 0 heterocycles. The Morgan fingerprint density at radius 2 is 0.444 bits per heavy atom. The summed E-state index contributed by atoms with van der Waals surface area (Å²) in [4.78, 5) is 38.5. The van der Waals surface area contributed by atoms with Crippen LogP contribution < -0.4 is 0 Å². The highest BCUT2D eigenvalue weighted by Crippen LogP contribution is 2.19. The first-order valence-corrected chi connectivity index (χ1v) is 36.5. The fraction of sp³-hybridized carbons (Fsp3) is 0.880. The summed E-state index contributed by atoms with van der Waals surface area (Å²) in [5, 5.41) is 0. The average Bonchev–Trinajstić information content (AvgIpc) is 3.47. The van der Waals surface area contributed by atoms with E-state index in [1.807, 2.05) is 0 Å². The molecule has 81 heavy (non-hydrogen) atoms. The van der Waals surface area contributed by atoms with E-state index in [1.165, 1.54) is 302 Å². The number of carbonyl (C=O) groups is 3. The SMILES string of the molecule is CCCCCCC/C=C\C/C=C\CCCCCCCCCCCC(=O)OCC(COC(=O)CCCCCCCCCCCCCCCCCCCCCCC)OC(=O)CCCCCCCCCCC/C=C\CCCCCCCCCC. The van der Waals surface area contributed by atoms with Crippen molar-refractivity contribution in [3.8, 4) is 0 Å². The zero-order valence-electron chi connectivity index (χ0n) is 54.8. The molecule has 1 atom stereocenters. The fourth-order valence-electron chi connectivity index (χ4n) is 11.1. The molecule has 0 rings (SSSR count). The second-order valence-corrected chi connectivity index (χ2v) is 24.9. The number of hydrogen-bond acceptors (Lipinski definition) is 6. The summed E-state index contributed by atoms with van der Waals surface area (Å²) >= 11 is 0. The lowest BCUT2D eigenvalue weighted by Gasteiger charge is -2.18. The van der Waals surface area contributed by atoms with Crippen LogP contribution in [0.3, 0.4) is 0 Å². The van der Waals surface area contributed by atoms with Crippen molar-refractivity contribution in [2.75, 3.05) is 13.2 Å². The fourth-order valence-corrected chi connectivity index (χ4v) is 11.1. The summed E-state index contributed by atoms with van der Waals surface area (Å²) in [6, 6.07) is 0. The van der Waals surface area contributed by atoms with E-state index in [0.29, 0.717) is 19.3 Å². The van der Waals surface area contributed by atoms with Crippen LogP contribution in [0, 0.1) is 0 Å². The second-order valence-electron chi connectivity index (χ2n) is 24.9. The molecular formula is C75H140O6. The van der Waals surface area contributed by atoms with Crippen LogP contribution in [0.2, 0.25) is 0 Å². The highest BCUT2D eigenvalue weighted by Gasteiger charge is 2.19. The lowest BCUT2D eigenvalue weighted by atomic mass is 10.0. The Balaban J connectivity index is 4.33. The summed E-state index contributed by atoms with van der Waals surface area (Å²) in [7, 11) is 0. The molecule has 0 saturated carbocycles.